The first-order valence-corrected chi connectivity index (χ1v) is 10.6. The number of aryl methyl sites for hydroxylation is 2. The number of rotatable bonds is 9. The van der Waals surface area contributed by atoms with E-state index in [9.17, 15) is 0 Å². The van der Waals surface area contributed by atoms with Crippen LogP contribution in [0, 0.1) is 13.8 Å². The Balaban J connectivity index is 1.71. The summed E-state index contributed by atoms with van der Waals surface area (Å²) in [6, 6.07) is 7.10. The summed E-state index contributed by atoms with van der Waals surface area (Å²) >= 11 is 0. The van der Waals surface area contributed by atoms with Gasteiger partial charge < -0.3 is 14.5 Å². The summed E-state index contributed by atoms with van der Waals surface area (Å²) in [6.45, 7) is 12.3. The average Bonchev–Trinajstić information content (AvgIpc) is 3.17. The first-order chi connectivity index (χ1) is 13.6. The second-order valence-corrected chi connectivity index (χ2v) is 7.88. The largest absolute Gasteiger partial charge is 0.383 e. The Morgan fingerprint density at radius 2 is 2.00 bits per heavy atom. The van der Waals surface area contributed by atoms with Gasteiger partial charge in [-0.2, -0.15) is 0 Å². The maximum atomic E-state index is 5.23. The van der Waals surface area contributed by atoms with E-state index < -0.39 is 0 Å². The molecule has 0 spiro atoms. The number of benzene rings is 1. The fraction of sp³-hybridized carbons (Fsp3) is 0.667. The zero-order chi connectivity index (χ0) is 19.9. The van der Waals surface area contributed by atoms with E-state index in [-0.39, 0.29) is 0 Å². The van der Waals surface area contributed by atoms with Crippen LogP contribution in [0.4, 0.5) is 5.69 Å². The number of unbranched alkanes of at least 4 members (excludes halogenated alkanes) is 1. The van der Waals surface area contributed by atoms with Gasteiger partial charge in [-0.15, -0.1) is 5.10 Å². The van der Waals surface area contributed by atoms with Gasteiger partial charge in [0.05, 0.1) is 39.3 Å². The molecule has 1 fully saturated rings. The lowest BCUT2D eigenvalue weighted by Gasteiger charge is -2.37. The summed E-state index contributed by atoms with van der Waals surface area (Å²) in [5.41, 5.74) is 4.07. The molecule has 2 aromatic rings. The van der Waals surface area contributed by atoms with E-state index in [0.717, 1.165) is 38.4 Å². The number of quaternary nitrogens is 1. The van der Waals surface area contributed by atoms with Crippen molar-refractivity contribution >= 4 is 5.69 Å². The van der Waals surface area contributed by atoms with Crippen molar-refractivity contribution in [3.63, 3.8) is 0 Å². The van der Waals surface area contributed by atoms with Gasteiger partial charge in [0.25, 0.3) is 0 Å². The highest BCUT2D eigenvalue weighted by Crippen LogP contribution is 2.22. The number of nitrogens with zero attached hydrogens (tertiary/aromatic N) is 5. The molecule has 0 unspecified atom stereocenters. The predicted octanol–water partition coefficient (Wildman–Crippen LogP) is 1.57. The molecule has 0 radical (unpaired) electrons. The number of hydrogen-bond donors (Lipinski definition) is 1. The molecule has 1 aromatic heterocycles. The van der Waals surface area contributed by atoms with Crippen LogP contribution in [0.3, 0.4) is 0 Å². The van der Waals surface area contributed by atoms with Crippen LogP contribution in [-0.2, 0) is 11.3 Å². The van der Waals surface area contributed by atoms with Crippen LogP contribution in [0.2, 0.25) is 0 Å². The number of tetrazole rings is 1. The van der Waals surface area contributed by atoms with Crippen molar-refractivity contribution in [2.45, 2.75) is 52.6 Å². The Kier molecular flexibility index (Phi) is 7.39. The van der Waals surface area contributed by atoms with E-state index >= 15 is 0 Å². The highest BCUT2D eigenvalue weighted by atomic mass is 16.5. The zero-order valence-corrected chi connectivity index (χ0v) is 17.8. The van der Waals surface area contributed by atoms with E-state index in [1.165, 1.54) is 29.7 Å². The maximum absolute atomic E-state index is 5.23. The summed E-state index contributed by atoms with van der Waals surface area (Å²) < 4.78 is 7.17. The lowest BCUT2D eigenvalue weighted by atomic mass is 10.1. The minimum absolute atomic E-state index is 0.354. The van der Waals surface area contributed by atoms with Gasteiger partial charge >= 0.3 is 0 Å². The van der Waals surface area contributed by atoms with Gasteiger partial charge in [0.15, 0.2) is 0 Å². The van der Waals surface area contributed by atoms with Gasteiger partial charge in [-0.3, -0.25) is 0 Å². The SMILES string of the molecule is CCCC[C@@H](c1nnnn1CCOC)[NH+]1CCN(c2cc(C)ccc2C)CC1. The standard InChI is InChI=1S/C21H34N6O/c1-5-6-7-19(21-22-23-24-27(21)14-15-28-4)25-10-12-26(13-11-25)20-16-17(2)8-9-18(20)3/h8-9,16,19H,5-7,10-15H2,1-4H3/p+1/t19-/m0/s1. The summed E-state index contributed by atoms with van der Waals surface area (Å²) in [7, 11) is 1.72. The molecule has 1 N–H and O–H groups in total. The first-order valence-electron chi connectivity index (χ1n) is 10.6. The van der Waals surface area contributed by atoms with Gasteiger partial charge in [0, 0.05) is 19.2 Å². The Morgan fingerprint density at radius 1 is 1.21 bits per heavy atom. The smallest absolute Gasteiger partial charge is 0.209 e. The van der Waals surface area contributed by atoms with Crippen molar-refractivity contribution in [1.82, 2.24) is 20.2 Å². The van der Waals surface area contributed by atoms with Crippen LogP contribution in [0.1, 0.15) is 49.2 Å². The average molecular weight is 388 g/mol. The van der Waals surface area contributed by atoms with Crippen LogP contribution in [-0.4, -0.2) is 60.1 Å². The van der Waals surface area contributed by atoms with Crippen molar-refractivity contribution in [2.24, 2.45) is 0 Å². The van der Waals surface area contributed by atoms with Gasteiger partial charge in [0.2, 0.25) is 5.82 Å². The molecular weight excluding hydrogens is 352 g/mol. The molecule has 0 amide bonds. The van der Waals surface area contributed by atoms with Crippen LogP contribution in [0.25, 0.3) is 0 Å². The Morgan fingerprint density at radius 3 is 2.71 bits per heavy atom. The normalized spacial score (nSPS) is 16.5. The Labute approximate surface area is 168 Å². The third-order valence-corrected chi connectivity index (χ3v) is 5.83. The molecule has 1 aliphatic rings. The van der Waals surface area contributed by atoms with E-state index in [1.807, 2.05) is 4.68 Å². The van der Waals surface area contributed by atoms with Crippen LogP contribution >= 0.6 is 0 Å². The van der Waals surface area contributed by atoms with Crippen LogP contribution in [0.5, 0.6) is 0 Å². The second kappa shape index (κ2) is 9.98. The van der Waals surface area contributed by atoms with Gasteiger partial charge in [-0.1, -0.05) is 25.5 Å². The molecule has 0 aliphatic carbocycles. The lowest BCUT2D eigenvalue weighted by molar-refractivity contribution is -0.933. The Bertz CT molecular complexity index is 738. The number of ether oxygens (including phenoxy) is 1. The minimum atomic E-state index is 0.354. The molecule has 1 aromatic carbocycles. The zero-order valence-electron chi connectivity index (χ0n) is 17.8. The van der Waals surface area contributed by atoms with Gasteiger partial charge in [0.1, 0.15) is 6.04 Å². The van der Waals surface area contributed by atoms with Crippen molar-refractivity contribution in [3.05, 3.63) is 35.2 Å². The van der Waals surface area contributed by atoms with Crippen molar-refractivity contribution in [1.29, 1.82) is 0 Å². The molecule has 0 saturated carbocycles. The van der Waals surface area contributed by atoms with Crippen molar-refractivity contribution in [2.75, 3.05) is 44.8 Å². The number of methoxy groups -OCH3 is 1. The molecule has 7 nitrogen and oxygen atoms in total. The molecule has 1 aliphatic heterocycles. The molecule has 1 atom stereocenters. The highest BCUT2D eigenvalue weighted by molar-refractivity contribution is 5.55. The van der Waals surface area contributed by atoms with Gasteiger partial charge in [-0.25, -0.2) is 4.68 Å². The van der Waals surface area contributed by atoms with Crippen molar-refractivity contribution in [3.8, 4) is 0 Å². The molecule has 1 saturated heterocycles. The number of piperazine rings is 1. The molecule has 0 bridgehead atoms. The number of nitrogens with one attached hydrogen (secondary N) is 1. The van der Waals surface area contributed by atoms with Gasteiger partial charge in [-0.05, 0) is 47.9 Å². The molecule has 2 heterocycles. The topological polar surface area (TPSA) is 60.5 Å². The number of hydrogen-bond acceptors (Lipinski definition) is 5. The lowest BCUT2D eigenvalue weighted by Crippen LogP contribution is -3.15. The molecular formula is C21H35N6O+. The molecule has 3 rings (SSSR count). The highest BCUT2D eigenvalue weighted by Gasteiger charge is 2.32. The second-order valence-electron chi connectivity index (χ2n) is 7.88. The summed E-state index contributed by atoms with van der Waals surface area (Å²) in [6.07, 6.45) is 3.52. The third-order valence-electron chi connectivity index (χ3n) is 5.83. The molecule has 7 heteroatoms. The van der Waals surface area contributed by atoms with Crippen molar-refractivity contribution < 1.29 is 9.64 Å². The van der Waals surface area contributed by atoms with E-state index in [1.54, 1.807) is 12.0 Å². The third kappa shape index (κ3) is 4.89. The van der Waals surface area contributed by atoms with Crippen LogP contribution < -0.4 is 9.80 Å². The first kappa shape index (κ1) is 20.7. The minimum Gasteiger partial charge on any atom is -0.383 e. The summed E-state index contributed by atoms with van der Waals surface area (Å²) in [5, 5.41) is 12.6. The van der Waals surface area contributed by atoms with Crippen LogP contribution in [0.15, 0.2) is 18.2 Å². The summed E-state index contributed by atoms with van der Waals surface area (Å²) in [5.74, 6) is 1.01. The molecule has 28 heavy (non-hydrogen) atoms. The maximum Gasteiger partial charge on any atom is 0.209 e. The monoisotopic (exact) mass is 387 g/mol. The predicted molar refractivity (Wildman–Crippen MR) is 111 cm³/mol. The quantitative estimate of drug-likeness (QED) is 0.708. The van der Waals surface area contributed by atoms with E-state index in [0.29, 0.717) is 19.2 Å². The Hall–Kier alpha value is -1.99. The fourth-order valence-electron chi connectivity index (χ4n) is 4.17. The number of anilines is 1. The summed E-state index contributed by atoms with van der Waals surface area (Å²) in [4.78, 5) is 4.14. The number of aromatic nitrogens is 4. The van der Waals surface area contributed by atoms with E-state index in [4.69, 9.17) is 4.74 Å². The fourth-order valence-corrected chi connectivity index (χ4v) is 4.17. The van der Waals surface area contributed by atoms with E-state index in [2.05, 4.69) is 59.4 Å². The molecule has 154 valence electrons.